The largest absolute Gasteiger partial charge is 0.468 e. The van der Waals surface area contributed by atoms with E-state index in [4.69, 9.17) is 5.11 Å². The third kappa shape index (κ3) is 2.32. The van der Waals surface area contributed by atoms with Crippen molar-refractivity contribution in [2.45, 2.75) is 18.6 Å². The molecule has 1 rings (SSSR count). The minimum Gasteiger partial charge on any atom is -0.468 e. The van der Waals surface area contributed by atoms with Crippen molar-refractivity contribution < 1.29 is 14.6 Å². The molecule has 0 aromatic carbocycles. The number of rotatable bonds is 1. The summed E-state index contributed by atoms with van der Waals surface area (Å²) in [6.45, 7) is 0.681. The number of hydrogen-bond donors (Lipinski definition) is 2. The van der Waals surface area contributed by atoms with Gasteiger partial charge in [0, 0.05) is 0 Å². The van der Waals surface area contributed by atoms with Gasteiger partial charge in [-0.2, -0.15) is 0 Å². The summed E-state index contributed by atoms with van der Waals surface area (Å²) < 4.78 is 4.44. The van der Waals surface area contributed by atoms with Crippen LogP contribution in [0.4, 0.5) is 0 Å². The van der Waals surface area contributed by atoms with Crippen LogP contribution in [-0.4, -0.2) is 36.9 Å². The van der Waals surface area contributed by atoms with Gasteiger partial charge in [-0.3, -0.25) is 4.79 Å². The van der Waals surface area contributed by atoms with Crippen molar-refractivity contribution in [3.63, 3.8) is 0 Å². The Morgan fingerprint density at radius 2 is 2.36 bits per heavy atom. The topological polar surface area (TPSA) is 58.6 Å². The number of hydrogen-bond acceptors (Lipinski definition) is 4. The molecule has 0 aliphatic carbocycles. The Balaban J connectivity index is 0.000001000. The fourth-order valence-electron chi connectivity index (χ4n) is 1.06. The number of aliphatic hydroxyl groups excluding tert-OH is 1. The van der Waals surface area contributed by atoms with E-state index in [1.165, 1.54) is 7.11 Å². The molecule has 0 spiro atoms. The molecule has 0 unspecified atom stereocenters. The summed E-state index contributed by atoms with van der Waals surface area (Å²) in [5, 5.41) is 12.0. The lowest BCUT2D eigenvalue weighted by molar-refractivity contribution is -0.144. The molecule has 0 aromatic heterocycles. The van der Waals surface area contributed by atoms with Crippen LogP contribution in [0.5, 0.6) is 0 Å². The van der Waals surface area contributed by atoms with Crippen LogP contribution in [0.15, 0.2) is 0 Å². The van der Waals surface area contributed by atoms with E-state index in [1.54, 1.807) is 0 Å². The summed E-state index contributed by atoms with van der Waals surface area (Å²) in [7, 11) is 1.31. The molecule has 1 heterocycles. The zero-order valence-electron chi connectivity index (χ0n) is 6.24. The van der Waals surface area contributed by atoms with Crippen LogP contribution in [0.2, 0.25) is 0 Å². The normalized spacial score (nSPS) is 29.3. The maximum absolute atomic E-state index is 10.8. The van der Waals surface area contributed by atoms with Gasteiger partial charge in [0.1, 0.15) is 6.04 Å². The number of methoxy groups -OCH3 is 1. The van der Waals surface area contributed by atoms with Crippen molar-refractivity contribution >= 4 is 18.4 Å². The summed E-state index contributed by atoms with van der Waals surface area (Å²) in [5.74, 6) is -0.384. The third-order valence-corrected chi connectivity index (χ3v) is 1.64. The van der Waals surface area contributed by atoms with Crippen molar-refractivity contribution in [2.24, 2.45) is 0 Å². The molecular weight excluding hydrogens is 170 g/mol. The Labute approximate surface area is 71.3 Å². The van der Waals surface area contributed by atoms with Crippen molar-refractivity contribution in [3.8, 4) is 0 Å². The van der Waals surface area contributed by atoms with E-state index in [-0.39, 0.29) is 18.4 Å². The molecule has 11 heavy (non-hydrogen) atoms. The standard InChI is InChI=1S/C6H11NO3.ClH/c1-10-6(9)5-4(8)2-3-7-5;/h4-5,7-8H,2-3H2,1H3;1H/t4-,5+;/m1./s1. The van der Waals surface area contributed by atoms with Gasteiger partial charge in [0.25, 0.3) is 0 Å². The summed E-state index contributed by atoms with van der Waals surface area (Å²) in [5.41, 5.74) is 0. The van der Waals surface area contributed by atoms with Gasteiger partial charge in [-0.15, -0.1) is 12.4 Å². The maximum Gasteiger partial charge on any atom is 0.325 e. The second-order valence-electron chi connectivity index (χ2n) is 2.31. The van der Waals surface area contributed by atoms with Crippen LogP contribution in [0.3, 0.4) is 0 Å². The molecule has 0 radical (unpaired) electrons. The molecule has 0 saturated carbocycles. The van der Waals surface area contributed by atoms with Crippen molar-refractivity contribution in [3.05, 3.63) is 0 Å². The Morgan fingerprint density at radius 1 is 1.73 bits per heavy atom. The van der Waals surface area contributed by atoms with E-state index in [0.717, 1.165) is 0 Å². The van der Waals surface area contributed by atoms with Crippen LogP contribution in [0.1, 0.15) is 6.42 Å². The number of carbonyl (C=O) groups is 1. The molecular formula is C6H12ClNO3. The van der Waals surface area contributed by atoms with Crippen LogP contribution in [0.25, 0.3) is 0 Å². The number of aliphatic hydroxyl groups is 1. The van der Waals surface area contributed by atoms with Gasteiger partial charge in [-0.05, 0) is 13.0 Å². The zero-order chi connectivity index (χ0) is 7.56. The van der Waals surface area contributed by atoms with Gasteiger partial charge in [0.2, 0.25) is 0 Å². The van der Waals surface area contributed by atoms with Gasteiger partial charge in [0.05, 0.1) is 13.2 Å². The average molecular weight is 182 g/mol. The predicted molar refractivity (Wildman–Crippen MR) is 41.7 cm³/mol. The molecule has 1 fully saturated rings. The van der Waals surface area contributed by atoms with E-state index in [2.05, 4.69) is 10.1 Å². The lowest BCUT2D eigenvalue weighted by atomic mass is 10.2. The van der Waals surface area contributed by atoms with Crippen molar-refractivity contribution in [1.82, 2.24) is 5.32 Å². The van der Waals surface area contributed by atoms with Crippen LogP contribution >= 0.6 is 12.4 Å². The summed E-state index contributed by atoms with van der Waals surface area (Å²) in [6.07, 6.45) is 0.0483. The van der Waals surface area contributed by atoms with Gasteiger partial charge in [-0.25, -0.2) is 0 Å². The van der Waals surface area contributed by atoms with Gasteiger partial charge in [0.15, 0.2) is 0 Å². The summed E-state index contributed by atoms with van der Waals surface area (Å²) >= 11 is 0. The molecule has 0 bridgehead atoms. The molecule has 66 valence electrons. The van der Waals surface area contributed by atoms with E-state index < -0.39 is 12.1 Å². The van der Waals surface area contributed by atoms with Crippen LogP contribution < -0.4 is 5.32 Å². The monoisotopic (exact) mass is 181 g/mol. The SMILES string of the molecule is COC(=O)[C@H]1NCC[C@H]1O.Cl. The molecule has 2 atom stereocenters. The zero-order valence-corrected chi connectivity index (χ0v) is 7.06. The third-order valence-electron chi connectivity index (χ3n) is 1.64. The van der Waals surface area contributed by atoms with Crippen LogP contribution in [-0.2, 0) is 9.53 Å². The summed E-state index contributed by atoms with van der Waals surface area (Å²) in [6, 6.07) is -0.509. The first kappa shape index (κ1) is 10.7. The molecule has 5 heteroatoms. The van der Waals surface area contributed by atoms with Crippen molar-refractivity contribution in [2.75, 3.05) is 13.7 Å². The number of ether oxygens (including phenoxy) is 1. The lowest BCUT2D eigenvalue weighted by Gasteiger charge is -2.10. The summed E-state index contributed by atoms with van der Waals surface area (Å²) in [4.78, 5) is 10.8. The number of halogens is 1. The van der Waals surface area contributed by atoms with E-state index in [0.29, 0.717) is 13.0 Å². The number of esters is 1. The minimum atomic E-state index is -0.576. The molecule has 0 aromatic rings. The highest BCUT2D eigenvalue weighted by molar-refractivity contribution is 5.85. The lowest BCUT2D eigenvalue weighted by Crippen LogP contribution is -2.39. The van der Waals surface area contributed by atoms with E-state index in [9.17, 15) is 4.79 Å². The second kappa shape index (κ2) is 4.54. The Kier molecular flexibility index (Phi) is 4.40. The molecule has 2 N–H and O–H groups in total. The van der Waals surface area contributed by atoms with Crippen molar-refractivity contribution in [1.29, 1.82) is 0 Å². The Hall–Kier alpha value is -0.320. The second-order valence-corrected chi connectivity index (χ2v) is 2.31. The van der Waals surface area contributed by atoms with Gasteiger partial charge < -0.3 is 15.2 Å². The minimum absolute atomic E-state index is 0. The average Bonchev–Trinajstić information content (AvgIpc) is 2.34. The first-order valence-electron chi connectivity index (χ1n) is 3.25. The number of nitrogens with one attached hydrogen (secondary N) is 1. The first-order chi connectivity index (χ1) is 4.75. The van der Waals surface area contributed by atoms with Gasteiger partial charge >= 0.3 is 5.97 Å². The fourth-order valence-corrected chi connectivity index (χ4v) is 1.06. The van der Waals surface area contributed by atoms with Gasteiger partial charge in [-0.1, -0.05) is 0 Å². The Bertz CT molecular complexity index is 142. The molecule has 4 nitrogen and oxygen atoms in total. The molecule has 1 aliphatic heterocycles. The predicted octanol–water partition coefficient (Wildman–Crippen LogP) is -0.696. The molecule has 0 amide bonds. The highest BCUT2D eigenvalue weighted by atomic mass is 35.5. The molecule has 1 saturated heterocycles. The maximum atomic E-state index is 10.8. The first-order valence-corrected chi connectivity index (χ1v) is 3.25. The Morgan fingerprint density at radius 3 is 2.73 bits per heavy atom. The van der Waals surface area contributed by atoms with E-state index in [1.807, 2.05) is 0 Å². The smallest absolute Gasteiger partial charge is 0.325 e. The number of carbonyl (C=O) groups excluding carboxylic acids is 1. The quantitative estimate of drug-likeness (QED) is 0.526. The molecule has 1 aliphatic rings. The fraction of sp³-hybridized carbons (Fsp3) is 0.833. The highest BCUT2D eigenvalue weighted by Gasteiger charge is 2.31. The van der Waals surface area contributed by atoms with Crippen LogP contribution in [0, 0.1) is 0 Å². The van der Waals surface area contributed by atoms with E-state index >= 15 is 0 Å². The highest BCUT2D eigenvalue weighted by Crippen LogP contribution is 2.07.